The van der Waals surface area contributed by atoms with Crippen LogP contribution in [0.3, 0.4) is 0 Å². The smallest absolute Gasteiger partial charge is 0.212 e. The van der Waals surface area contributed by atoms with Crippen molar-refractivity contribution in [3.8, 4) is 18.0 Å². The van der Waals surface area contributed by atoms with Crippen molar-refractivity contribution in [2.45, 2.75) is 31.6 Å². The summed E-state index contributed by atoms with van der Waals surface area (Å²) >= 11 is 0. The zero-order valence-corrected chi connectivity index (χ0v) is 15.3. The third-order valence-electron chi connectivity index (χ3n) is 4.64. The summed E-state index contributed by atoms with van der Waals surface area (Å²) in [6, 6.07) is 11.5. The van der Waals surface area contributed by atoms with E-state index in [1.807, 2.05) is 0 Å². The maximum atomic E-state index is 13.4. The number of guanidine groups is 1. The van der Waals surface area contributed by atoms with Gasteiger partial charge in [0.15, 0.2) is 0 Å². The van der Waals surface area contributed by atoms with Crippen LogP contribution in [0.5, 0.6) is 5.75 Å². The van der Waals surface area contributed by atoms with Gasteiger partial charge in [-0.05, 0) is 56.3 Å². The second-order valence-electron chi connectivity index (χ2n) is 6.88. The number of aliphatic imine (C=N–C) groups is 1. The minimum atomic E-state index is -1.11. The number of nitriles is 2. The summed E-state index contributed by atoms with van der Waals surface area (Å²) in [6.07, 6.45) is 0.527. The van der Waals surface area contributed by atoms with Crippen LogP contribution < -0.4 is 15.4 Å². The van der Waals surface area contributed by atoms with Crippen LogP contribution in [0.15, 0.2) is 47.5 Å². The predicted octanol–water partition coefficient (Wildman–Crippen LogP) is 2.57. The molecule has 0 saturated carbocycles. The number of aliphatic hydroxyl groups excluding tert-OH is 1. The molecule has 2 atom stereocenters. The van der Waals surface area contributed by atoms with Crippen LogP contribution >= 0.6 is 0 Å². The Hall–Kier alpha value is -3.62. The number of ether oxygens (including phenoxy) is 1. The molecule has 2 aromatic carbocycles. The lowest BCUT2D eigenvalue weighted by Gasteiger charge is -2.46. The average Bonchev–Trinajstić information content (AvgIpc) is 2.66. The van der Waals surface area contributed by atoms with Gasteiger partial charge in [0.05, 0.1) is 17.7 Å². The van der Waals surface area contributed by atoms with Gasteiger partial charge in [0.2, 0.25) is 12.2 Å². The zero-order valence-electron chi connectivity index (χ0n) is 15.3. The van der Waals surface area contributed by atoms with E-state index in [2.05, 4.69) is 11.1 Å². The molecule has 0 aromatic heterocycles. The average molecular weight is 379 g/mol. The predicted molar refractivity (Wildman–Crippen MR) is 101 cm³/mol. The molecule has 2 unspecified atom stereocenters. The van der Waals surface area contributed by atoms with Crippen LogP contribution in [-0.4, -0.2) is 22.8 Å². The Morgan fingerprint density at radius 3 is 2.54 bits per heavy atom. The molecule has 0 bridgehead atoms. The monoisotopic (exact) mass is 379 g/mol. The largest absolute Gasteiger partial charge is 0.485 e. The number of fused-ring (bicyclic) bond motifs is 1. The molecule has 3 N–H and O–H groups in total. The normalized spacial score (nSPS) is 20.3. The second-order valence-corrected chi connectivity index (χ2v) is 6.88. The molecule has 3 rings (SSSR count). The van der Waals surface area contributed by atoms with Gasteiger partial charge in [0.1, 0.15) is 23.3 Å². The van der Waals surface area contributed by atoms with E-state index in [0.717, 1.165) is 0 Å². The number of hydrogen-bond acceptors (Lipinski definition) is 5. The molecule has 0 aliphatic carbocycles. The summed E-state index contributed by atoms with van der Waals surface area (Å²) in [5.74, 6) is -0.153. The highest BCUT2D eigenvalue weighted by Crippen LogP contribution is 2.44. The molecule has 0 saturated heterocycles. The Morgan fingerprint density at radius 2 is 1.93 bits per heavy atom. The second kappa shape index (κ2) is 7.18. The SMILES string of the molecule is CC1(C)Oc2ccc(C#N)cc2C(N(C(N)=NC#N)c2ccc(F)cc2)C1O. The Morgan fingerprint density at radius 1 is 1.25 bits per heavy atom. The molecule has 2 aromatic rings. The lowest BCUT2D eigenvalue weighted by molar-refractivity contribution is -0.0565. The molecule has 28 heavy (non-hydrogen) atoms. The van der Waals surface area contributed by atoms with Gasteiger partial charge in [-0.3, -0.25) is 0 Å². The molecular weight excluding hydrogens is 361 g/mol. The van der Waals surface area contributed by atoms with Crippen LogP contribution in [0.2, 0.25) is 0 Å². The van der Waals surface area contributed by atoms with E-state index in [0.29, 0.717) is 22.6 Å². The molecule has 1 aliphatic rings. The van der Waals surface area contributed by atoms with Crippen LogP contribution in [0, 0.1) is 28.6 Å². The minimum Gasteiger partial charge on any atom is -0.485 e. The Bertz CT molecular complexity index is 1000. The summed E-state index contributed by atoms with van der Waals surface area (Å²) in [4.78, 5) is 5.05. The number of nitrogens with zero attached hydrogens (tertiary/aromatic N) is 4. The van der Waals surface area contributed by atoms with Crippen LogP contribution in [0.4, 0.5) is 10.1 Å². The van der Waals surface area contributed by atoms with Gasteiger partial charge in [-0.2, -0.15) is 10.5 Å². The van der Waals surface area contributed by atoms with Crippen molar-refractivity contribution < 1.29 is 14.2 Å². The number of rotatable bonds is 2. The lowest BCUT2D eigenvalue weighted by atomic mass is 9.84. The van der Waals surface area contributed by atoms with Gasteiger partial charge in [0.25, 0.3) is 0 Å². The molecule has 1 aliphatic heterocycles. The molecule has 7 nitrogen and oxygen atoms in total. The van der Waals surface area contributed by atoms with E-state index in [1.54, 1.807) is 38.2 Å². The van der Waals surface area contributed by atoms with E-state index >= 15 is 0 Å². The van der Waals surface area contributed by atoms with E-state index in [-0.39, 0.29) is 5.96 Å². The number of hydrogen-bond donors (Lipinski definition) is 2. The highest BCUT2D eigenvalue weighted by Gasteiger charge is 2.46. The lowest BCUT2D eigenvalue weighted by Crippen LogP contribution is -2.56. The van der Waals surface area contributed by atoms with Crippen LogP contribution in [0.25, 0.3) is 0 Å². The third kappa shape index (κ3) is 3.34. The zero-order chi connectivity index (χ0) is 20.5. The van der Waals surface area contributed by atoms with Gasteiger partial charge < -0.3 is 20.5 Å². The minimum absolute atomic E-state index is 0.177. The van der Waals surface area contributed by atoms with E-state index in [4.69, 9.17) is 15.7 Å². The van der Waals surface area contributed by atoms with Crippen molar-refractivity contribution in [3.05, 3.63) is 59.4 Å². The highest BCUT2D eigenvalue weighted by atomic mass is 19.1. The molecule has 0 radical (unpaired) electrons. The Kier molecular flexibility index (Phi) is 4.91. The van der Waals surface area contributed by atoms with E-state index < -0.39 is 23.6 Å². The first kappa shape index (κ1) is 19.2. The first-order valence-corrected chi connectivity index (χ1v) is 8.46. The number of halogens is 1. The number of anilines is 1. The fourth-order valence-corrected chi connectivity index (χ4v) is 3.26. The molecule has 0 amide bonds. The fourth-order valence-electron chi connectivity index (χ4n) is 3.26. The molecule has 0 spiro atoms. The van der Waals surface area contributed by atoms with Gasteiger partial charge in [-0.15, -0.1) is 4.99 Å². The molecule has 142 valence electrons. The fraction of sp³-hybridized carbons (Fsp3) is 0.250. The summed E-state index contributed by atoms with van der Waals surface area (Å²) in [6.45, 7) is 3.43. The Labute approximate surface area is 161 Å². The maximum absolute atomic E-state index is 13.4. The first-order chi connectivity index (χ1) is 13.3. The topological polar surface area (TPSA) is 119 Å². The highest BCUT2D eigenvalue weighted by molar-refractivity contribution is 5.96. The summed E-state index contributed by atoms with van der Waals surface area (Å²) in [7, 11) is 0. The number of aliphatic hydroxyl groups is 1. The van der Waals surface area contributed by atoms with Crippen molar-refractivity contribution in [1.29, 1.82) is 10.5 Å². The standard InChI is InChI=1S/C20H18FN5O2/c1-20(2)18(27)17(15-9-12(10-22)3-8-16(15)28-20)26(19(24)25-11-23)14-6-4-13(21)5-7-14/h3-9,17-18,27H,1-2H3,(H2,24,25). The van der Waals surface area contributed by atoms with Gasteiger partial charge in [-0.25, -0.2) is 4.39 Å². The summed E-state index contributed by atoms with van der Waals surface area (Å²) < 4.78 is 19.4. The van der Waals surface area contributed by atoms with Crippen LogP contribution in [0.1, 0.15) is 31.0 Å². The van der Waals surface area contributed by atoms with Crippen molar-refractivity contribution in [3.63, 3.8) is 0 Å². The molecule has 8 heteroatoms. The van der Waals surface area contributed by atoms with Gasteiger partial charge in [0, 0.05) is 11.3 Å². The van der Waals surface area contributed by atoms with Crippen LogP contribution in [-0.2, 0) is 0 Å². The Balaban J connectivity index is 2.26. The molecular formula is C20H18FN5O2. The quantitative estimate of drug-likeness (QED) is 0.470. The van der Waals surface area contributed by atoms with Crippen molar-refractivity contribution >= 4 is 11.6 Å². The van der Waals surface area contributed by atoms with Crippen molar-refractivity contribution in [1.82, 2.24) is 0 Å². The first-order valence-electron chi connectivity index (χ1n) is 8.46. The van der Waals surface area contributed by atoms with E-state index in [9.17, 15) is 14.8 Å². The van der Waals surface area contributed by atoms with Gasteiger partial charge in [-0.1, -0.05) is 0 Å². The van der Waals surface area contributed by atoms with Crippen molar-refractivity contribution in [2.24, 2.45) is 10.7 Å². The summed E-state index contributed by atoms with van der Waals surface area (Å²) in [5, 5.41) is 29.4. The maximum Gasteiger partial charge on any atom is 0.212 e. The molecule has 0 fully saturated rings. The van der Waals surface area contributed by atoms with Gasteiger partial charge >= 0.3 is 0 Å². The third-order valence-corrected chi connectivity index (χ3v) is 4.64. The van der Waals surface area contributed by atoms with E-state index in [1.165, 1.54) is 29.2 Å². The number of nitrogens with two attached hydrogens (primary N) is 1. The van der Waals surface area contributed by atoms with Crippen molar-refractivity contribution in [2.75, 3.05) is 4.90 Å². The number of benzene rings is 2. The molecule has 1 heterocycles. The summed E-state index contributed by atoms with van der Waals surface area (Å²) in [5.41, 5.74) is 6.35.